The van der Waals surface area contributed by atoms with Gasteiger partial charge in [0.15, 0.2) is 6.29 Å². The van der Waals surface area contributed by atoms with Crippen molar-refractivity contribution in [3.8, 4) is 0 Å². The molecule has 0 bridgehead atoms. The second kappa shape index (κ2) is 9.94. The number of esters is 1. The zero-order valence-electron chi connectivity index (χ0n) is 17.1. The first-order chi connectivity index (χ1) is 14.8. The van der Waals surface area contributed by atoms with Gasteiger partial charge in [0.2, 0.25) is 0 Å². The van der Waals surface area contributed by atoms with Crippen LogP contribution in [0.15, 0.2) is 58.8 Å². The normalized spacial score (nSPS) is 26.1. The van der Waals surface area contributed by atoms with Gasteiger partial charge in [-0.3, -0.25) is 0 Å². The first-order valence-corrected chi connectivity index (χ1v) is 9.60. The van der Waals surface area contributed by atoms with E-state index in [0.29, 0.717) is 11.4 Å². The highest BCUT2D eigenvalue weighted by Gasteiger charge is 2.43. The molecule has 0 aliphatic carbocycles. The number of carbonyl (C=O) groups excluding carboxylic acids is 1. The van der Waals surface area contributed by atoms with Crippen LogP contribution in [0, 0.1) is 0 Å². The van der Waals surface area contributed by atoms with E-state index in [2.05, 4.69) is 10.2 Å². The van der Waals surface area contributed by atoms with E-state index in [9.17, 15) is 25.2 Å². The van der Waals surface area contributed by atoms with E-state index >= 15 is 0 Å². The van der Waals surface area contributed by atoms with Crippen molar-refractivity contribution in [2.75, 3.05) is 25.6 Å². The molecule has 166 valence electrons. The van der Waals surface area contributed by atoms with Gasteiger partial charge in [0.1, 0.15) is 31.0 Å². The predicted octanol–water partition coefficient (Wildman–Crippen LogP) is 1.12. The Morgan fingerprint density at radius 1 is 0.903 bits per heavy atom. The van der Waals surface area contributed by atoms with E-state index in [0.717, 1.165) is 5.69 Å². The Balaban J connectivity index is 1.55. The quantitative estimate of drug-likeness (QED) is 0.393. The Bertz CT molecular complexity index is 902. The minimum Gasteiger partial charge on any atom is -0.459 e. The summed E-state index contributed by atoms with van der Waals surface area (Å²) in [5.74, 6) is -0.686. The van der Waals surface area contributed by atoms with Crippen LogP contribution in [-0.4, -0.2) is 77.8 Å². The molecule has 2 aromatic carbocycles. The number of aliphatic hydroxyl groups is 4. The molecule has 0 radical (unpaired) electrons. The largest absolute Gasteiger partial charge is 0.459 e. The van der Waals surface area contributed by atoms with Crippen molar-refractivity contribution in [1.29, 1.82) is 0 Å². The second-order valence-corrected chi connectivity index (χ2v) is 7.29. The van der Waals surface area contributed by atoms with Crippen molar-refractivity contribution in [2.24, 2.45) is 10.2 Å². The van der Waals surface area contributed by atoms with Gasteiger partial charge in [-0.05, 0) is 48.5 Å². The summed E-state index contributed by atoms with van der Waals surface area (Å²) in [7, 11) is 3.90. The average molecular weight is 431 g/mol. The van der Waals surface area contributed by atoms with Gasteiger partial charge in [0, 0.05) is 19.8 Å². The Hall–Kier alpha value is -2.89. The van der Waals surface area contributed by atoms with Crippen molar-refractivity contribution in [2.45, 2.75) is 30.7 Å². The fourth-order valence-electron chi connectivity index (χ4n) is 2.91. The molecular formula is C21H25N3O7. The lowest BCUT2D eigenvalue weighted by atomic mass is 9.99. The summed E-state index contributed by atoms with van der Waals surface area (Å²) >= 11 is 0. The Kier molecular flexibility index (Phi) is 7.31. The summed E-state index contributed by atoms with van der Waals surface area (Å²) in [6, 6.07) is 13.8. The molecule has 0 spiro atoms. The first kappa shape index (κ1) is 22.8. The van der Waals surface area contributed by atoms with Gasteiger partial charge in [-0.25, -0.2) is 4.79 Å². The third-order valence-electron chi connectivity index (χ3n) is 4.82. The van der Waals surface area contributed by atoms with Gasteiger partial charge >= 0.3 is 5.97 Å². The van der Waals surface area contributed by atoms with E-state index < -0.39 is 43.3 Å². The van der Waals surface area contributed by atoms with Crippen molar-refractivity contribution in [3.63, 3.8) is 0 Å². The molecule has 0 saturated carbocycles. The van der Waals surface area contributed by atoms with Gasteiger partial charge < -0.3 is 34.8 Å². The lowest BCUT2D eigenvalue weighted by Crippen LogP contribution is -2.58. The summed E-state index contributed by atoms with van der Waals surface area (Å²) in [4.78, 5) is 14.2. The van der Waals surface area contributed by atoms with E-state index in [4.69, 9.17) is 9.47 Å². The molecule has 0 aromatic heterocycles. The van der Waals surface area contributed by atoms with Crippen LogP contribution in [-0.2, 0) is 9.47 Å². The van der Waals surface area contributed by atoms with Crippen LogP contribution in [0.2, 0.25) is 0 Å². The molecule has 0 unspecified atom stereocenters. The molecule has 10 nitrogen and oxygen atoms in total. The zero-order valence-corrected chi connectivity index (χ0v) is 17.1. The molecule has 1 saturated heterocycles. The molecule has 5 atom stereocenters. The summed E-state index contributed by atoms with van der Waals surface area (Å²) in [5.41, 5.74) is 2.52. The summed E-state index contributed by atoms with van der Waals surface area (Å²) in [5, 5.41) is 46.8. The maximum absolute atomic E-state index is 12.2. The lowest BCUT2D eigenvalue weighted by molar-refractivity contribution is -0.286. The van der Waals surface area contributed by atoms with Crippen LogP contribution in [0.25, 0.3) is 0 Å². The lowest BCUT2D eigenvalue weighted by Gasteiger charge is -2.37. The number of aliphatic hydroxyl groups excluding tert-OH is 4. The number of rotatable bonds is 6. The number of hydrogen-bond acceptors (Lipinski definition) is 10. The SMILES string of the molecule is CN(C)c1ccc(N=Nc2ccc(C(=O)OC[C@H]3O[C@@H](O)[C@H](O)[C@@H](O)[C@@H]3O)cc2)cc1. The topological polar surface area (TPSA) is 144 Å². The van der Waals surface area contributed by atoms with E-state index in [-0.39, 0.29) is 5.56 Å². The molecule has 31 heavy (non-hydrogen) atoms. The number of nitrogens with zero attached hydrogens (tertiary/aromatic N) is 3. The van der Waals surface area contributed by atoms with Crippen LogP contribution in [0.1, 0.15) is 10.4 Å². The smallest absolute Gasteiger partial charge is 0.338 e. The van der Waals surface area contributed by atoms with Gasteiger partial charge in [0.25, 0.3) is 0 Å². The van der Waals surface area contributed by atoms with Gasteiger partial charge in [-0.15, -0.1) is 0 Å². The molecule has 1 fully saturated rings. The highest BCUT2D eigenvalue weighted by molar-refractivity contribution is 5.89. The zero-order chi connectivity index (χ0) is 22.5. The molecule has 1 aliphatic heterocycles. The Labute approximate surface area is 179 Å². The molecule has 2 aromatic rings. The average Bonchev–Trinajstić information content (AvgIpc) is 2.78. The Morgan fingerprint density at radius 2 is 1.45 bits per heavy atom. The van der Waals surface area contributed by atoms with Gasteiger partial charge in [-0.2, -0.15) is 10.2 Å². The number of anilines is 1. The third-order valence-corrected chi connectivity index (χ3v) is 4.82. The van der Waals surface area contributed by atoms with Crippen LogP contribution in [0.3, 0.4) is 0 Å². The van der Waals surface area contributed by atoms with E-state index in [1.165, 1.54) is 12.1 Å². The van der Waals surface area contributed by atoms with E-state index in [1.807, 2.05) is 43.3 Å². The van der Waals surface area contributed by atoms with E-state index in [1.54, 1.807) is 12.1 Å². The van der Waals surface area contributed by atoms with Crippen molar-refractivity contribution >= 4 is 23.0 Å². The maximum Gasteiger partial charge on any atom is 0.338 e. The third kappa shape index (κ3) is 5.63. The van der Waals surface area contributed by atoms with Crippen molar-refractivity contribution in [1.82, 2.24) is 0 Å². The monoisotopic (exact) mass is 431 g/mol. The number of ether oxygens (including phenoxy) is 2. The summed E-state index contributed by atoms with van der Waals surface area (Å²) < 4.78 is 10.1. The van der Waals surface area contributed by atoms with Crippen LogP contribution in [0.4, 0.5) is 17.1 Å². The number of carbonyl (C=O) groups is 1. The van der Waals surface area contributed by atoms with Gasteiger partial charge in [0.05, 0.1) is 16.9 Å². The highest BCUT2D eigenvalue weighted by Crippen LogP contribution is 2.23. The van der Waals surface area contributed by atoms with Crippen molar-refractivity contribution < 1.29 is 34.7 Å². The summed E-state index contributed by atoms with van der Waals surface area (Å²) in [6.45, 7) is -0.411. The second-order valence-electron chi connectivity index (χ2n) is 7.29. The van der Waals surface area contributed by atoms with Gasteiger partial charge in [-0.1, -0.05) is 0 Å². The van der Waals surface area contributed by atoms with Crippen LogP contribution >= 0.6 is 0 Å². The molecule has 1 heterocycles. The van der Waals surface area contributed by atoms with Crippen LogP contribution in [0.5, 0.6) is 0 Å². The summed E-state index contributed by atoms with van der Waals surface area (Å²) in [6.07, 6.45) is -7.64. The Morgan fingerprint density at radius 3 is 2.00 bits per heavy atom. The number of hydrogen-bond donors (Lipinski definition) is 4. The minimum absolute atomic E-state index is 0.237. The highest BCUT2D eigenvalue weighted by atomic mass is 16.6. The fraction of sp³-hybridized carbons (Fsp3) is 0.381. The number of azo groups is 1. The van der Waals surface area contributed by atoms with Crippen molar-refractivity contribution in [3.05, 3.63) is 54.1 Å². The minimum atomic E-state index is -1.69. The molecule has 4 N–H and O–H groups in total. The fourth-order valence-corrected chi connectivity index (χ4v) is 2.91. The molecule has 1 aliphatic rings. The van der Waals surface area contributed by atoms with Crippen LogP contribution < -0.4 is 4.90 Å². The molecule has 0 amide bonds. The molecule has 3 rings (SSSR count). The standard InChI is InChI=1S/C21H25N3O7/c1-24(2)15-9-7-14(8-10-15)23-22-13-5-3-12(4-6-13)20(28)30-11-16-17(25)18(26)19(27)21(29)31-16/h3-10,16-19,21,25-27,29H,11H2,1-2H3/t16-,17-,18+,19-,21-/m1/s1. The molecular weight excluding hydrogens is 406 g/mol. The first-order valence-electron chi connectivity index (χ1n) is 9.60. The number of benzene rings is 2. The maximum atomic E-state index is 12.2. The predicted molar refractivity (Wildman–Crippen MR) is 111 cm³/mol. The molecule has 10 heteroatoms.